The lowest BCUT2D eigenvalue weighted by atomic mass is 10.1. The van der Waals surface area contributed by atoms with Gasteiger partial charge in [-0.2, -0.15) is 13.2 Å². The Kier molecular flexibility index (Phi) is 6.42. The molecule has 0 bridgehead atoms. The average molecular weight is 344 g/mol. The second-order valence-corrected chi connectivity index (χ2v) is 5.62. The summed E-state index contributed by atoms with van der Waals surface area (Å²) in [6.07, 6.45) is -3.17. The third kappa shape index (κ3) is 4.55. The van der Waals surface area contributed by atoms with Gasteiger partial charge in [-0.15, -0.1) is 23.7 Å². The Balaban J connectivity index is 0.00000220. The lowest BCUT2D eigenvalue weighted by Gasteiger charge is -2.17. The second-order valence-electron chi connectivity index (χ2n) is 4.73. The molecule has 1 amide bonds. The van der Waals surface area contributed by atoms with Crippen molar-refractivity contribution in [2.75, 3.05) is 13.1 Å². The van der Waals surface area contributed by atoms with Crippen LogP contribution >= 0.6 is 23.7 Å². The lowest BCUT2D eigenvalue weighted by Crippen LogP contribution is -2.34. The van der Waals surface area contributed by atoms with E-state index in [9.17, 15) is 18.0 Å². The standard InChI is InChI=1S/C12H16F3N3OS.ClH/c1-2-8(17-10(19)7-3-4-16-5-7)11-18-9(6-20-11)12(13,14)15;/h6-8,16H,2-5H2,1H3,(H,17,19);1H. The zero-order valence-corrected chi connectivity index (χ0v) is 13.0. The van der Waals surface area contributed by atoms with Gasteiger partial charge in [-0.25, -0.2) is 4.98 Å². The summed E-state index contributed by atoms with van der Waals surface area (Å²) in [5, 5.41) is 7.17. The average Bonchev–Trinajstić information content (AvgIpc) is 3.04. The van der Waals surface area contributed by atoms with Crippen molar-refractivity contribution in [1.29, 1.82) is 0 Å². The summed E-state index contributed by atoms with van der Waals surface area (Å²) in [4.78, 5) is 15.6. The van der Waals surface area contributed by atoms with E-state index >= 15 is 0 Å². The highest BCUT2D eigenvalue weighted by Crippen LogP contribution is 2.32. The molecule has 1 aliphatic rings. The molecule has 2 rings (SSSR count). The molecule has 0 aromatic carbocycles. The molecule has 120 valence electrons. The first kappa shape index (κ1) is 18.2. The van der Waals surface area contributed by atoms with E-state index < -0.39 is 17.9 Å². The van der Waals surface area contributed by atoms with Crippen LogP contribution in [0.2, 0.25) is 0 Å². The predicted molar refractivity (Wildman–Crippen MR) is 76.5 cm³/mol. The molecule has 2 atom stereocenters. The molecule has 0 spiro atoms. The van der Waals surface area contributed by atoms with E-state index in [4.69, 9.17) is 0 Å². The summed E-state index contributed by atoms with van der Waals surface area (Å²) >= 11 is 0.932. The Morgan fingerprint density at radius 2 is 2.33 bits per heavy atom. The number of hydrogen-bond acceptors (Lipinski definition) is 4. The smallest absolute Gasteiger partial charge is 0.347 e. The van der Waals surface area contributed by atoms with E-state index in [1.165, 1.54) is 0 Å². The van der Waals surface area contributed by atoms with Crippen LogP contribution in [0.1, 0.15) is 36.5 Å². The normalized spacial score (nSPS) is 19.9. The van der Waals surface area contributed by atoms with Crippen molar-refractivity contribution < 1.29 is 18.0 Å². The number of halogens is 4. The number of rotatable bonds is 4. The first-order chi connectivity index (χ1) is 9.41. The number of carbonyl (C=O) groups is 1. The SMILES string of the molecule is CCC(NC(=O)C1CCNC1)c1nc(C(F)(F)F)cs1.Cl. The van der Waals surface area contributed by atoms with Crippen molar-refractivity contribution in [1.82, 2.24) is 15.6 Å². The van der Waals surface area contributed by atoms with Gasteiger partial charge < -0.3 is 10.6 Å². The molecule has 2 N–H and O–H groups in total. The zero-order chi connectivity index (χ0) is 14.8. The number of nitrogens with one attached hydrogen (secondary N) is 2. The van der Waals surface area contributed by atoms with E-state index in [0.717, 1.165) is 29.7 Å². The van der Waals surface area contributed by atoms with Gasteiger partial charge in [0.15, 0.2) is 5.69 Å². The van der Waals surface area contributed by atoms with Gasteiger partial charge in [0.2, 0.25) is 5.91 Å². The van der Waals surface area contributed by atoms with Crippen LogP contribution in [0.15, 0.2) is 5.38 Å². The van der Waals surface area contributed by atoms with Gasteiger partial charge in [0.05, 0.1) is 12.0 Å². The number of aromatic nitrogens is 1. The van der Waals surface area contributed by atoms with Gasteiger partial charge in [-0.3, -0.25) is 4.79 Å². The number of carbonyl (C=O) groups excluding carboxylic acids is 1. The van der Waals surface area contributed by atoms with Gasteiger partial charge in [0.1, 0.15) is 5.01 Å². The quantitative estimate of drug-likeness (QED) is 0.884. The Morgan fingerprint density at radius 3 is 2.81 bits per heavy atom. The van der Waals surface area contributed by atoms with Crippen LogP contribution in [-0.4, -0.2) is 24.0 Å². The molecule has 9 heteroatoms. The number of nitrogens with zero attached hydrogens (tertiary/aromatic N) is 1. The molecule has 1 aromatic heterocycles. The molecule has 21 heavy (non-hydrogen) atoms. The van der Waals surface area contributed by atoms with Crippen LogP contribution in [-0.2, 0) is 11.0 Å². The highest BCUT2D eigenvalue weighted by molar-refractivity contribution is 7.09. The zero-order valence-electron chi connectivity index (χ0n) is 11.4. The number of alkyl halides is 3. The number of hydrogen-bond donors (Lipinski definition) is 2. The lowest BCUT2D eigenvalue weighted by molar-refractivity contribution is -0.140. The molecule has 2 unspecified atom stereocenters. The van der Waals surface area contributed by atoms with E-state index in [1.807, 2.05) is 6.92 Å². The van der Waals surface area contributed by atoms with Crippen LogP contribution in [0, 0.1) is 5.92 Å². The molecule has 2 heterocycles. The first-order valence-electron chi connectivity index (χ1n) is 6.45. The van der Waals surface area contributed by atoms with E-state index in [1.54, 1.807) is 0 Å². The molecule has 1 aliphatic heterocycles. The third-order valence-corrected chi connectivity index (χ3v) is 4.22. The minimum Gasteiger partial charge on any atom is -0.347 e. The molecule has 0 saturated carbocycles. The Labute approximate surface area is 130 Å². The fraction of sp³-hybridized carbons (Fsp3) is 0.667. The molecule has 0 aliphatic carbocycles. The largest absolute Gasteiger partial charge is 0.434 e. The Hall–Kier alpha value is -0.860. The summed E-state index contributed by atoms with van der Waals surface area (Å²) in [6.45, 7) is 3.23. The van der Waals surface area contributed by atoms with E-state index in [2.05, 4.69) is 15.6 Å². The predicted octanol–water partition coefficient (Wildman–Crippen LogP) is 2.76. The number of thiazole rings is 1. The molecular formula is C12H17ClF3N3OS. The summed E-state index contributed by atoms with van der Waals surface area (Å²) in [5.74, 6) is -0.225. The molecule has 1 fully saturated rings. The summed E-state index contributed by atoms with van der Waals surface area (Å²) < 4.78 is 37.6. The maximum absolute atomic E-state index is 12.5. The second kappa shape index (κ2) is 7.42. The first-order valence-corrected chi connectivity index (χ1v) is 7.33. The summed E-state index contributed by atoms with van der Waals surface area (Å²) in [7, 11) is 0. The van der Waals surface area contributed by atoms with Crippen LogP contribution in [0.3, 0.4) is 0 Å². The topological polar surface area (TPSA) is 54.0 Å². The molecule has 0 radical (unpaired) electrons. The van der Waals surface area contributed by atoms with Crippen LogP contribution < -0.4 is 10.6 Å². The van der Waals surface area contributed by atoms with Gasteiger partial charge in [0, 0.05) is 11.9 Å². The summed E-state index contributed by atoms with van der Waals surface area (Å²) in [6, 6.07) is -0.454. The number of amides is 1. The highest BCUT2D eigenvalue weighted by atomic mass is 35.5. The fourth-order valence-electron chi connectivity index (χ4n) is 2.08. The fourth-order valence-corrected chi connectivity index (χ4v) is 3.04. The third-order valence-electron chi connectivity index (χ3n) is 3.27. The van der Waals surface area contributed by atoms with E-state index in [0.29, 0.717) is 18.0 Å². The van der Waals surface area contributed by atoms with Crippen molar-refractivity contribution in [3.05, 3.63) is 16.1 Å². The van der Waals surface area contributed by atoms with Crippen molar-refractivity contribution in [2.24, 2.45) is 5.92 Å². The van der Waals surface area contributed by atoms with E-state index in [-0.39, 0.29) is 24.2 Å². The van der Waals surface area contributed by atoms with Crippen molar-refractivity contribution in [3.8, 4) is 0 Å². The molecular weight excluding hydrogens is 327 g/mol. The van der Waals surface area contributed by atoms with Crippen LogP contribution in [0.4, 0.5) is 13.2 Å². The monoisotopic (exact) mass is 343 g/mol. The maximum atomic E-state index is 12.5. The molecule has 1 aromatic rings. The summed E-state index contributed by atoms with van der Waals surface area (Å²) in [5.41, 5.74) is -0.896. The van der Waals surface area contributed by atoms with Gasteiger partial charge in [0.25, 0.3) is 0 Å². The van der Waals surface area contributed by atoms with Gasteiger partial charge in [-0.1, -0.05) is 6.92 Å². The van der Waals surface area contributed by atoms with Gasteiger partial charge >= 0.3 is 6.18 Å². The molecule has 4 nitrogen and oxygen atoms in total. The van der Waals surface area contributed by atoms with Crippen LogP contribution in [0.5, 0.6) is 0 Å². The van der Waals surface area contributed by atoms with Crippen LogP contribution in [0.25, 0.3) is 0 Å². The van der Waals surface area contributed by atoms with Crippen molar-refractivity contribution in [3.63, 3.8) is 0 Å². The Morgan fingerprint density at radius 1 is 1.62 bits per heavy atom. The van der Waals surface area contributed by atoms with Crippen molar-refractivity contribution >= 4 is 29.7 Å². The maximum Gasteiger partial charge on any atom is 0.434 e. The minimum atomic E-state index is -4.44. The Bertz CT molecular complexity index is 475. The minimum absolute atomic E-state index is 0. The van der Waals surface area contributed by atoms with Gasteiger partial charge in [-0.05, 0) is 19.4 Å². The highest BCUT2D eigenvalue weighted by Gasteiger charge is 2.35. The molecule has 1 saturated heterocycles. The van der Waals surface area contributed by atoms with Crippen molar-refractivity contribution in [2.45, 2.75) is 32.0 Å².